The van der Waals surface area contributed by atoms with Crippen LogP contribution >= 0.6 is 11.3 Å². The Morgan fingerprint density at radius 2 is 2.41 bits per heavy atom. The molecule has 0 bridgehead atoms. The van der Waals surface area contributed by atoms with Crippen molar-refractivity contribution >= 4 is 16.3 Å². The van der Waals surface area contributed by atoms with Crippen LogP contribution < -0.4 is 4.74 Å². The number of aromatic nitrogens is 3. The number of imidazole rings is 1. The average molecular weight is 247 g/mol. The van der Waals surface area contributed by atoms with Gasteiger partial charge < -0.3 is 9.84 Å². The number of hydrogen-bond acceptors (Lipinski definition) is 5. The molecule has 0 fully saturated rings. The van der Waals surface area contributed by atoms with Gasteiger partial charge in [0.05, 0.1) is 12.8 Å². The molecule has 5 nitrogen and oxygen atoms in total. The van der Waals surface area contributed by atoms with Crippen molar-refractivity contribution in [1.82, 2.24) is 14.4 Å². The van der Waals surface area contributed by atoms with Crippen LogP contribution in [-0.4, -0.2) is 19.5 Å². The van der Waals surface area contributed by atoms with E-state index in [4.69, 9.17) is 4.74 Å². The summed E-state index contributed by atoms with van der Waals surface area (Å²) in [6.45, 7) is -0.118. The zero-order chi connectivity index (χ0) is 11.7. The first kappa shape index (κ1) is 10.2. The van der Waals surface area contributed by atoms with Crippen molar-refractivity contribution in [2.24, 2.45) is 0 Å². The highest BCUT2D eigenvalue weighted by Gasteiger charge is 2.14. The van der Waals surface area contributed by atoms with Crippen molar-refractivity contribution in [2.45, 2.75) is 6.61 Å². The van der Waals surface area contributed by atoms with Gasteiger partial charge in [0.2, 0.25) is 5.88 Å². The molecule has 0 aliphatic rings. The number of hydrogen-bond donors (Lipinski definition) is 1. The quantitative estimate of drug-likeness (QED) is 0.769. The van der Waals surface area contributed by atoms with Gasteiger partial charge in [-0.1, -0.05) is 0 Å². The summed E-state index contributed by atoms with van der Waals surface area (Å²) in [5, 5.41) is 11.3. The summed E-state index contributed by atoms with van der Waals surface area (Å²) in [4.78, 5) is 9.07. The topological polar surface area (TPSA) is 59.7 Å². The lowest BCUT2D eigenvalue weighted by Gasteiger charge is -2.03. The highest BCUT2D eigenvalue weighted by molar-refractivity contribution is 7.15. The SMILES string of the molecule is OCc1c(Oc2cccnc2)nc2sccn12. The first-order valence-corrected chi connectivity index (χ1v) is 5.89. The minimum Gasteiger partial charge on any atom is -0.436 e. The van der Waals surface area contributed by atoms with Crippen LogP contribution in [0.1, 0.15) is 5.69 Å². The van der Waals surface area contributed by atoms with Crippen LogP contribution in [-0.2, 0) is 6.61 Å². The molecule has 0 saturated heterocycles. The fourth-order valence-electron chi connectivity index (χ4n) is 1.56. The number of pyridine rings is 1. The van der Waals surface area contributed by atoms with E-state index in [0.717, 1.165) is 4.96 Å². The zero-order valence-electron chi connectivity index (χ0n) is 8.78. The van der Waals surface area contributed by atoms with Crippen molar-refractivity contribution in [3.8, 4) is 11.6 Å². The van der Waals surface area contributed by atoms with E-state index >= 15 is 0 Å². The lowest BCUT2D eigenvalue weighted by molar-refractivity contribution is 0.269. The van der Waals surface area contributed by atoms with Gasteiger partial charge in [-0.05, 0) is 12.1 Å². The molecule has 86 valence electrons. The summed E-state index contributed by atoms with van der Waals surface area (Å²) >= 11 is 1.49. The van der Waals surface area contributed by atoms with Crippen LogP contribution in [0, 0.1) is 0 Å². The molecule has 0 aliphatic carbocycles. The standard InChI is InChI=1S/C11H9N3O2S/c15-7-9-10(13-11-14(9)4-5-17-11)16-8-2-1-3-12-6-8/h1-6,15H,7H2. The summed E-state index contributed by atoms with van der Waals surface area (Å²) in [6.07, 6.45) is 5.13. The van der Waals surface area contributed by atoms with E-state index in [2.05, 4.69) is 9.97 Å². The van der Waals surface area contributed by atoms with E-state index in [0.29, 0.717) is 17.3 Å². The van der Waals surface area contributed by atoms with Crippen LogP contribution in [0.25, 0.3) is 4.96 Å². The van der Waals surface area contributed by atoms with Gasteiger partial charge in [-0.25, -0.2) is 0 Å². The Balaban J connectivity index is 2.02. The number of rotatable bonds is 3. The zero-order valence-corrected chi connectivity index (χ0v) is 9.59. The fourth-order valence-corrected chi connectivity index (χ4v) is 2.28. The molecule has 3 heterocycles. The molecule has 3 rings (SSSR count). The van der Waals surface area contributed by atoms with E-state index in [1.807, 2.05) is 16.0 Å². The second-order valence-corrected chi connectivity index (χ2v) is 4.24. The Morgan fingerprint density at radius 1 is 1.47 bits per heavy atom. The summed E-state index contributed by atoms with van der Waals surface area (Å²) in [6, 6.07) is 3.58. The van der Waals surface area contributed by atoms with Crippen molar-refractivity contribution < 1.29 is 9.84 Å². The molecule has 6 heteroatoms. The number of aliphatic hydroxyl groups excluding tert-OH is 1. The Kier molecular flexibility index (Phi) is 2.50. The Morgan fingerprint density at radius 3 is 3.18 bits per heavy atom. The molecule has 0 atom stereocenters. The molecule has 0 spiro atoms. The molecule has 17 heavy (non-hydrogen) atoms. The third kappa shape index (κ3) is 1.77. The molecular formula is C11H9N3O2S. The van der Waals surface area contributed by atoms with Crippen LogP contribution in [0.5, 0.6) is 11.6 Å². The molecule has 0 amide bonds. The van der Waals surface area contributed by atoms with Crippen LogP contribution in [0.15, 0.2) is 36.1 Å². The van der Waals surface area contributed by atoms with E-state index in [1.54, 1.807) is 24.5 Å². The lowest BCUT2D eigenvalue weighted by Crippen LogP contribution is -1.93. The number of fused-ring (bicyclic) bond motifs is 1. The lowest BCUT2D eigenvalue weighted by atomic mass is 10.4. The normalized spacial score (nSPS) is 10.9. The predicted molar refractivity (Wildman–Crippen MR) is 63.3 cm³/mol. The van der Waals surface area contributed by atoms with Crippen molar-refractivity contribution in [2.75, 3.05) is 0 Å². The highest BCUT2D eigenvalue weighted by Crippen LogP contribution is 2.27. The number of ether oxygens (including phenoxy) is 1. The molecule has 0 unspecified atom stereocenters. The Hall–Kier alpha value is -1.92. The second kappa shape index (κ2) is 4.15. The Bertz CT molecular complexity index is 633. The summed E-state index contributed by atoms with van der Waals surface area (Å²) in [5.41, 5.74) is 0.644. The van der Waals surface area contributed by atoms with Crippen LogP contribution in [0.3, 0.4) is 0 Å². The summed E-state index contributed by atoms with van der Waals surface area (Å²) in [5.74, 6) is 1.03. The molecule has 0 radical (unpaired) electrons. The number of thiazole rings is 1. The second-order valence-electron chi connectivity index (χ2n) is 3.37. The van der Waals surface area contributed by atoms with Crippen LogP contribution in [0.2, 0.25) is 0 Å². The van der Waals surface area contributed by atoms with E-state index < -0.39 is 0 Å². The van der Waals surface area contributed by atoms with Gasteiger partial charge >= 0.3 is 0 Å². The number of aliphatic hydroxyl groups is 1. The van der Waals surface area contributed by atoms with Gasteiger partial charge in [0.15, 0.2) is 4.96 Å². The third-order valence-electron chi connectivity index (χ3n) is 2.32. The van der Waals surface area contributed by atoms with Gasteiger partial charge in [-0.15, -0.1) is 11.3 Å². The number of nitrogens with zero attached hydrogens (tertiary/aromatic N) is 3. The largest absolute Gasteiger partial charge is 0.436 e. The van der Waals surface area contributed by atoms with Crippen molar-refractivity contribution in [3.05, 3.63) is 41.8 Å². The first-order valence-electron chi connectivity index (χ1n) is 5.01. The van der Waals surface area contributed by atoms with Gasteiger partial charge in [0.25, 0.3) is 0 Å². The molecule has 3 aromatic rings. The van der Waals surface area contributed by atoms with Gasteiger partial charge in [0, 0.05) is 17.8 Å². The average Bonchev–Trinajstić information content (AvgIpc) is 2.90. The monoisotopic (exact) mass is 247 g/mol. The van der Waals surface area contributed by atoms with Gasteiger partial charge in [0.1, 0.15) is 11.4 Å². The minimum absolute atomic E-state index is 0.118. The maximum atomic E-state index is 9.35. The highest BCUT2D eigenvalue weighted by atomic mass is 32.1. The smallest absolute Gasteiger partial charge is 0.244 e. The first-order chi connectivity index (χ1) is 8.38. The van der Waals surface area contributed by atoms with E-state index in [-0.39, 0.29) is 6.61 Å². The summed E-state index contributed by atoms with van der Waals surface area (Å²) < 4.78 is 7.41. The molecule has 0 saturated carbocycles. The minimum atomic E-state index is -0.118. The maximum Gasteiger partial charge on any atom is 0.244 e. The molecule has 3 aromatic heterocycles. The molecule has 0 aliphatic heterocycles. The van der Waals surface area contributed by atoms with E-state index in [1.165, 1.54) is 11.3 Å². The maximum absolute atomic E-state index is 9.35. The Labute approximate surface area is 101 Å². The van der Waals surface area contributed by atoms with Gasteiger partial charge in [-0.3, -0.25) is 9.38 Å². The van der Waals surface area contributed by atoms with Crippen LogP contribution in [0.4, 0.5) is 0 Å². The molecular weight excluding hydrogens is 238 g/mol. The summed E-state index contributed by atoms with van der Waals surface area (Å²) in [7, 11) is 0. The van der Waals surface area contributed by atoms with Crippen molar-refractivity contribution in [1.29, 1.82) is 0 Å². The molecule has 0 aromatic carbocycles. The van der Waals surface area contributed by atoms with Gasteiger partial charge in [-0.2, -0.15) is 4.98 Å². The molecule has 1 N–H and O–H groups in total. The third-order valence-corrected chi connectivity index (χ3v) is 3.08. The fraction of sp³-hybridized carbons (Fsp3) is 0.0909. The predicted octanol–water partition coefficient (Wildman–Crippen LogP) is 2.08. The van der Waals surface area contributed by atoms with Crippen molar-refractivity contribution in [3.63, 3.8) is 0 Å². The van der Waals surface area contributed by atoms with E-state index in [9.17, 15) is 5.11 Å².